The molecule has 0 radical (unpaired) electrons. The summed E-state index contributed by atoms with van der Waals surface area (Å²) in [4.78, 5) is 5.34. The van der Waals surface area contributed by atoms with Gasteiger partial charge in [0.2, 0.25) is 11.0 Å². The van der Waals surface area contributed by atoms with Gasteiger partial charge in [0.05, 0.1) is 0 Å². The zero-order chi connectivity index (χ0) is 12.9. The van der Waals surface area contributed by atoms with Crippen molar-refractivity contribution in [2.75, 3.05) is 31.6 Å². The van der Waals surface area contributed by atoms with Crippen molar-refractivity contribution < 1.29 is 13.2 Å². The highest BCUT2D eigenvalue weighted by Gasteiger charge is 2.36. The highest BCUT2D eigenvalue weighted by molar-refractivity contribution is 7.09. The minimum Gasteiger partial charge on any atom is -0.346 e. The molecule has 0 saturated carbocycles. The molecule has 1 aromatic heterocycles. The number of hydrogen-bond acceptors (Lipinski definition) is 5. The van der Waals surface area contributed by atoms with Gasteiger partial charge in [-0.05, 0) is 13.5 Å². The highest BCUT2D eigenvalue weighted by Crippen LogP contribution is 2.30. The molecule has 0 amide bonds. The van der Waals surface area contributed by atoms with E-state index in [4.69, 9.17) is 0 Å². The fourth-order valence-corrected chi connectivity index (χ4v) is 2.02. The Kier molecular flexibility index (Phi) is 5.13. The number of likely N-dealkylation sites (N-methyl/N-ethyl adjacent to an activating group) is 1. The second kappa shape index (κ2) is 6.15. The summed E-state index contributed by atoms with van der Waals surface area (Å²) < 4.78 is 40.4. The normalized spacial score (nSPS) is 11.8. The molecular weight excluding hydrogens is 253 g/mol. The summed E-state index contributed by atoms with van der Waals surface area (Å²) in [5, 5.41) is 3.28. The van der Waals surface area contributed by atoms with E-state index < -0.39 is 12.0 Å². The zero-order valence-corrected chi connectivity index (χ0v) is 10.5. The maximum absolute atomic E-state index is 12.4. The van der Waals surface area contributed by atoms with Crippen LogP contribution in [0.1, 0.15) is 19.2 Å². The van der Waals surface area contributed by atoms with Gasteiger partial charge in [-0.2, -0.15) is 22.5 Å². The summed E-state index contributed by atoms with van der Waals surface area (Å²) in [6.07, 6.45) is -3.61. The molecule has 1 rings (SSSR count). The molecule has 8 heteroatoms. The number of aromatic nitrogens is 2. The molecule has 98 valence electrons. The quantitative estimate of drug-likeness (QED) is 0.856. The fraction of sp³-hybridized carbons (Fsp3) is 0.778. The number of nitrogens with zero attached hydrogens (tertiary/aromatic N) is 3. The average molecular weight is 268 g/mol. The van der Waals surface area contributed by atoms with E-state index in [1.54, 1.807) is 7.05 Å². The summed E-state index contributed by atoms with van der Waals surface area (Å²) in [6, 6.07) is 0. The first-order valence-corrected chi connectivity index (χ1v) is 6.06. The molecule has 0 aliphatic heterocycles. The number of halogens is 3. The largest absolute Gasteiger partial charge is 0.452 e. The fourth-order valence-electron chi connectivity index (χ4n) is 1.28. The summed E-state index contributed by atoms with van der Waals surface area (Å²) >= 11 is 0.792. The minimum absolute atomic E-state index is 0.328. The van der Waals surface area contributed by atoms with Crippen LogP contribution in [0.15, 0.2) is 0 Å². The third-order valence-electron chi connectivity index (χ3n) is 2.06. The molecule has 0 aromatic carbocycles. The van der Waals surface area contributed by atoms with Crippen LogP contribution in [0.5, 0.6) is 0 Å². The first-order valence-electron chi connectivity index (χ1n) is 5.29. The monoisotopic (exact) mass is 268 g/mol. The lowest BCUT2D eigenvalue weighted by Crippen LogP contribution is -2.31. The maximum atomic E-state index is 12.4. The Hall–Kier alpha value is -0.890. The van der Waals surface area contributed by atoms with E-state index in [0.29, 0.717) is 24.8 Å². The van der Waals surface area contributed by atoms with Gasteiger partial charge in [-0.25, -0.2) is 0 Å². The molecule has 17 heavy (non-hydrogen) atoms. The van der Waals surface area contributed by atoms with E-state index in [2.05, 4.69) is 14.7 Å². The van der Waals surface area contributed by atoms with Gasteiger partial charge in [-0.3, -0.25) is 0 Å². The molecule has 0 aliphatic carbocycles. The topological polar surface area (TPSA) is 41.0 Å². The second-order valence-corrected chi connectivity index (χ2v) is 4.22. The van der Waals surface area contributed by atoms with Gasteiger partial charge in [0.25, 0.3) is 0 Å². The summed E-state index contributed by atoms with van der Waals surface area (Å²) in [5.74, 6) is -1.05. The Labute approximate surface area is 102 Å². The maximum Gasteiger partial charge on any atom is 0.452 e. The number of anilines is 1. The van der Waals surface area contributed by atoms with E-state index >= 15 is 0 Å². The molecule has 0 saturated heterocycles. The Morgan fingerprint density at radius 3 is 2.53 bits per heavy atom. The molecule has 1 N–H and O–H groups in total. The predicted molar refractivity (Wildman–Crippen MR) is 61.3 cm³/mol. The van der Waals surface area contributed by atoms with Crippen LogP contribution < -0.4 is 10.2 Å². The van der Waals surface area contributed by atoms with Crippen LogP contribution in [0.2, 0.25) is 0 Å². The lowest BCUT2D eigenvalue weighted by Gasteiger charge is -2.20. The Morgan fingerprint density at radius 2 is 2.06 bits per heavy atom. The molecule has 0 spiro atoms. The lowest BCUT2D eigenvalue weighted by atomic mass is 10.4. The molecule has 0 bridgehead atoms. The van der Waals surface area contributed by atoms with Gasteiger partial charge < -0.3 is 10.2 Å². The molecule has 0 unspecified atom stereocenters. The predicted octanol–water partition coefficient (Wildman–Crippen LogP) is 1.99. The molecule has 0 fully saturated rings. The molecular formula is C9H15F3N4S. The van der Waals surface area contributed by atoms with E-state index in [9.17, 15) is 13.2 Å². The van der Waals surface area contributed by atoms with Gasteiger partial charge in [0, 0.05) is 31.2 Å². The third kappa shape index (κ3) is 4.12. The SMILES string of the molecule is CCCN(CCNC)c1nc(C(F)(F)F)ns1. The van der Waals surface area contributed by atoms with Crippen molar-refractivity contribution in [1.29, 1.82) is 0 Å². The second-order valence-electron chi connectivity index (χ2n) is 3.49. The Morgan fingerprint density at radius 1 is 1.35 bits per heavy atom. The molecule has 0 atom stereocenters. The summed E-state index contributed by atoms with van der Waals surface area (Å²) in [6.45, 7) is 3.96. The first-order chi connectivity index (χ1) is 7.99. The summed E-state index contributed by atoms with van der Waals surface area (Å²) in [5.41, 5.74) is 0. The Balaban J connectivity index is 2.76. The molecule has 0 aliphatic rings. The van der Waals surface area contributed by atoms with Gasteiger partial charge in [0.1, 0.15) is 0 Å². The molecule has 1 heterocycles. The third-order valence-corrected chi connectivity index (χ3v) is 2.84. The Bertz CT molecular complexity index is 339. The van der Waals surface area contributed by atoms with Crippen LogP contribution in [0.3, 0.4) is 0 Å². The van der Waals surface area contributed by atoms with Crippen molar-refractivity contribution in [1.82, 2.24) is 14.7 Å². The standard InChI is InChI=1S/C9H15F3N4S/c1-3-5-16(6-4-13-2)8-14-7(15-17-8)9(10,11)12/h13H,3-6H2,1-2H3. The minimum atomic E-state index is -4.46. The van der Waals surface area contributed by atoms with Crippen molar-refractivity contribution in [2.45, 2.75) is 19.5 Å². The highest BCUT2D eigenvalue weighted by atomic mass is 32.1. The van der Waals surface area contributed by atoms with Crippen molar-refractivity contribution in [3.05, 3.63) is 5.82 Å². The van der Waals surface area contributed by atoms with E-state index in [0.717, 1.165) is 18.0 Å². The van der Waals surface area contributed by atoms with Crippen LogP contribution in [-0.2, 0) is 6.18 Å². The number of hydrogen-bond donors (Lipinski definition) is 1. The number of rotatable bonds is 6. The van der Waals surface area contributed by atoms with Crippen LogP contribution in [-0.4, -0.2) is 36.0 Å². The van der Waals surface area contributed by atoms with Crippen LogP contribution in [0.25, 0.3) is 0 Å². The first kappa shape index (κ1) is 14.2. The van der Waals surface area contributed by atoms with Crippen LogP contribution in [0, 0.1) is 0 Å². The van der Waals surface area contributed by atoms with Crippen molar-refractivity contribution >= 4 is 16.7 Å². The van der Waals surface area contributed by atoms with E-state index in [1.807, 2.05) is 11.8 Å². The zero-order valence-electron chi connectivity index (χ0n) is 9.71. The number of nitrogens with one attached hydrogen (secondary N) is 1. The smallest absolute Gasteiger partial charge is 0.346 e. The molecule has 4 nitrogen and oxygen atoms in total. The van der Waals surface area contributed by atoms with E-state index in [-0.39, 0.29) is 0 Å². The van der Waals surface area contributed by atoms with Gasteiger partial charge in [0.15, 0.2) is 0 Å². The lowest BCUT2D eigenvalue weighted by molar-refractivity contribution is -0.144. The van der Waals surface area contributed by atoms with Crippen LogP contribution >= 0.6 is 11.5 Å². The summed E-state index contributed by atoms with van der Waals surface area (Å²) in [7, 11) is 1.80. The van der Waals surface area contributed by atoms with Crippen molar-refractivity contribution in [3.63, 3.8) is 0 Å². The van der Waals surface area contributed by atoms with Crippen molar-refractivity contribution in [3.8, 4) is 0 Å². The van der Waals surface area contributed by atoms with Gasteiger partial charge >= 0.3 is 6.18 Å². The molecule has 1 aromatic rings. The van der Waals surface area contributed by atoms with Gasteiger partial charge in [-0.1, -0.05) is 6.92 Å². The van der Waals surface area contributed by atoms with E-state index in [1.165, 1.54) is 0 Å². The average Bonchev–Trinajstić information content (AvgIpc) is 2.72. The van der Waals surface area contributed by atoms with Crippen LogP contribution in [0.4, 0.5) is 18.3 Å². The van der Waals surface area contributed by atoms with Crippen molar-refractivity contribution in [2.24, 2.45) is 0 Å². The van der Waals surface area contributed by atoms with Gasteiger partial charge in [-0.15, -0.1) is 0 Å². The number of alkyl halides is 3.